The number of hydrogen-bond donors (Lipinski definition) is 0. The van der Waals surface area contributed by atoms with Gasteiger partial charge >= 0.3 is 5.97 Å². The Morgan fingerprint density at radius 1 is 1.17 bits per heavy atom. The zero-order valence-corrected chi connectivity index (χ0v) is 14.2. The van der Waals surface area contributed by atoms with Gasteiger partial charge in [0.15, 0.2) is 11.5 Å². The molecular formula is C19H20N2O3. The molecule has 0 amide bonds. The SMILES string of the molecule is Cn1c(C(=NOC(=O)C(C)(C)C)c2ccco2)cc2ccccc21. The largest absolute Gasteiger partial charge is 0.463 e. The van der Waals surface area contributed by atoms with Crippen LogP contribution in [0.3, 0.4) is 0 Å². The second-order valence-corrected chi connectivity index (χ2v) is 6.69. The number of benzene rings is 1. The lowest BCUT2D eigenvalue weighted by Crippen LogP contribution is -2.22. The summed E-state index contributed by atoms with van der Waals surface area (Å²) < 4.78 is 7.49. The van der Waals surface area contributed by atoms with Gasteiger partial charge in [0.2, 0.25) is 0 Å². The van der Waals surface area contributed by atoms with E-state index in [0.717, 1.165) is 16.6 Å². The van der Waals surface area contributed by atoms with Crippen LogP contribution in [0.25, 0.3) is 10.9 Å². The van der Waals surface area contributed by atoms with Crippen LogP contribution in [0.4, 0.5) is 0 Å². The molecular weight excluding hydrogens is 304 g/mol. The predicted molar refractivity (Wildman–Crippen MR) is 92.8 cm³/mol. The molecule has 5 heteroatoms. The Hall–Kier alpha value is -2.82. The van der Waals surface area contributed by atoms with Crippen LogP contribution in [0.2, 0.25) is 0 Å². The highest BCUT2D eigenvalue weighted by Gasteiger charge is 2.25. The maximum atomic E-state index is 12.1. The number of carbonyl (C=O) groups is 1. The first-order chi connectivity index (χ1) is 11.4. The number of hydrogen-bond acceptors (Lipinski definition) is 4. The van der Waals surface area contributed by atoms with Crippen LogP contribution in [0.5, 0.6) is 0 Å². The molecule has 0 spiro atoms. The Morgan fingerprint density at radius 2 is 1.92 bits per heavy atom. The third kappa shape index (κ3) is 2.97. The monoisotopic (exact) mass is 324 g/mol. The van der Waals surface area contributed by atoms with E-state index >= 15 is 0 Å². The van der Waals surface area contributed by atoms with Crippen molar-refractivity contribution in [2.45, 2.75) is 20.8 Å². The van der Waals surface area contributed by atoms with E-state index in [0.29, 0.717) is 11.5 Å². The van der Waals surface area contributed by atoms with Crippen LogP contribution in [0.15, 0.2) is 58.3 Å². The van der Waals surface area contributed by atoms with Crippen LogP contribution in [0, 0.1) is 5.41 Å². The maximum absolute atomic E-state index is 12.1. The van der Waals surface area contributed by atoms with Crippen molar-refractivity contribution in [1.29, 1.82) is 0 Å². The Balaban J connectivity index is 2.08. The van der Waals surface area contributed by atoms with Gasteiger partial charge in [-0.1, -0.05) is 23.4 Å². The van der Waals surface area contributed by atoms with E-state index in [1.807, 2.05) is 41.9 Å². The number of aromatic nitrogens is 1. The van der Waals surface area contributed by atoms with E-state index in [4.69, 9.17) is 9.25 Å². The van der Waals surface area contributed by atoms with E-state index in [9.17, 15) is 4.79 Å². The van der Waals surface area contributed by atoms with E-state index in [2.05, 4.69) is 5.16 Å². The lowest BCUT2D eigenvalue weighted by Gasteiger charge is -2.13. The van der Waals surface area contributed by atoms with Crippen molar-refractivity contribution in [2.75, 3.05) is 0 Å². The van der Waals surface area contributed by atoms with E-state index in [1.165, 1.54) is 0 Å². The molecule has 3 rings (SSSR count). The maximum Gasteiger partial charge on any atom is 0.340 e. The summed E-state index contributed by atoms with van der Waals surface area (Å²) in [6.45, 7) is 5.36. The summed E-state index contributed by atoms with van der Waals surface area (Å²) in [5.74, 6) is 0.146. The van der Waals surface area contributed by atoms with Crippen molar-refractivity contribution in [1.82, 2.24) is 4.57 Å². The van der Waals surface area contributed by atoms with Crippen molar-refractivity contribution >= 4 is 22.6 Å². The summed E-state index contributed by atoms with van der Waals surface area (Å²) in [5, 5.41) is 5.19. The van der Waals surface area contributed by atoms with Gasteiger partial charge in [0, 0.05) is 18.0 Å². The van der Waals surface area contributed by atoms with Crippen molar-refractivity contribution in [2.24, 2.45) is 17.6 Å². The molecule has 124 valence electrons. The molecule has 0 radical (unpaired) electrons. The molecule has 3 aromatic rings. The van der Waals surface area contributed by atoms with Crippen LogP contribution < -0.4 is 0 Å². The van der Waals surface area contributed by atoms with Gasteiger partial charge in [-0.15, -0.1) is 0 Å². The van der Waals surface area contributed by atoms with Crippen molar-refractivity contribution in [3.63, 3.8) is 0 Å². The minimum atomic E-state index is -0.628. The Kier molecular flexibility index (Phi) is 4.01. The molecule has 1 aromatic carbocycles. The smallest absolute Gasteiger partial charge is 0.340 e. The van der Waals surface area contributed by atoms with Gasteiger partial charge in [-0.25, -0.2) is 4.79 Å². The first kappa shape index (κ1) is 16.1. The first-order valence-electron chi connectivity index (χ1n) is 7.76. The molecule has 0 unspecified atom stereocenters. The summed E-state index contributed by atoms with van der Waals surface area (Å²) in [4.78, 5) is 17.2. The second-order valence-electron chi connectivity index (χ2n) is 6.69. The molecule has 5 nitrogen and oxygen atoms in total. The topological polar surface area (TPSA) is 56.7 Å². The highest BCUT2D eigenvalue weighted by Crippen LogP contribution is 2.22. The van der Waals surface area contributed by atoms with Crippen molar-refractivity contribution in [3.05, 3.63) is 60.2 Å². The van der Waals surface area contributed by atoms with Gasteiger partial charge in [-0.05, 0) is 45.0 Å². The highest BCUT2D eigenvalue weighted by molar-refractivity contribution is 6.12. The van der Waals surface area contributed by atoms with Crippen LogP contribution in [-0.2, 0) is 16.7 Å². The van der Waals surface area contributed by atoms with E-state index in [-0.39, 0.29) is 0 Å². The van der Waals surface area contributed by atoms with Crippen LogP contribution in [-0.4, -0.2) is 16.2 Å². The molecule has 0 aliphatic carbocycles. The first-order valence-corrected chi connectivity index (χ1v) is 7.76. The minimum absolute atomic E-state index is 0.398. The number of furan rings is 1. The summed E-state index contributed by atoms with van der Waals surface area (Å²) in [5.41, 5.74) is 1.73. The molecule has 0 bridgehead atoms. The average molecular weight is 324 g/mol. The van der Waals surface area contributed by atoms with Crippen LogP contribution >= 0.6 is 0 Å². The standard InChI is InChI=1S/C19H20N2O3/c1-19(2,3)18(22)24-20-17(16-10-7-11-23-16)15-12-13-8-5-6-9-14(13)21(15)4/h5-12H,1-4H3. The highest BCUT2D eigenvalue weighted by atomic mass is 16.7. The number of carbonyl (C=O) groups excluding carboxylic acids is 1. The van der Waals surface area contributed by atoms with Gasteiger partial charge < -0.3 is 13.8 Å². The molecule has 0 saturated heterocycles. The summed E-state index contributed by atoms with van der Waals surface area (Å²) in [6, 6.07) is 13.6. The number of para-hydroxylation sites is 1. The third-order valence-corrected chi connectivity index (χ3v) is 3.78. The molecule has 0 saturated carbocycles. The molecule has 0 fully saturated rings. The fraction of sp³-hybridized carbons (Fsp3) is 0.263. The number of fused-ring (bicyclic) bond motifs is 1. The average Bonchev–Trinajstić information content (AvgIpc) is 3.16. The molecule has 2 aromatic heterocycles. The van der Waals surface area contributed by atoms with E-state index < -0.39 is 11.4 Å². The number of rotatable bonds is 3. The quantitative estimate of drug-likeness (QED) is 0.414. The Bertz CT molecular complexity index is 896. The molecule has 0 atom stereocenters. The lowest BCUT2D eigenvalue weighted by molar-refractivity contribution is -0.152. The Morgan fingerprint density at radius 3 is 2.54 bits per heavy atom. The molecule has 0 N–H and O–H groups in total. The van der Waals surface area contributed by atoms with Gasteiger partial charge in [0.05, 0.1) is 17.4 Å². The van der Waals surface area contributed by atoms with E-state index in [1.54, 1.807) is 39.2 Å². The lowest BCUT2D eigenvalue weighted by atomic mass is 9.98. The normalized spacial score (nSPS) is 12.6. The third-order valence-electron chi connectivity index (χ3n) is 3.78. The summed E-state index contributed by atoms with van der Waals surface area (Å²) in [7, 11) is 1.95. The molecule has 0 aliphatic heterocycles. The fourth-order valence-electron chi connectivity index (χ4n) is 2.37. The number of oxime groups is 1. The summed E-state index contributed by atoms with van der Waals surface area (Å²) >= 11 is 0. The van der Waals surface area contributed by atoms with Gasteiger partial charge in [0.25, 0.3) is 0 Å². The van der Waals surface area contributed by atoms with Crippen molar-refractivity contribution < 1.29 is 14.0 Å². The van der Waals surface area contributed by atoms with Crippen LogP contribution in [0.1, 0.15) is 32.2 Å². The number of aryl methyl sites for hydroxylation is 1. The predicted octanol–water partition coefficient (Wildman–Crippen LogP) is 4.11. The van der Waals surface area contributed by atoms with Gasteiger partial charge in [-0.2, -0.15) is 0 Å². The zero-order valence-electron chi connectivity index (χ0n) is 14.2. The second kappa shape index (κ2) is 6.00. The van der Waals surface area contributed by atoms with Gasteiger partial charge in [-0.3, -0.25) is 0 Å². The number of nitrogens with zero attached hydrogens (tertiary/aromatic N) is 2. The molecule has 2 heterocycles. The molecule has 0 aliphatic rings. The zero-order chi connectivity index (χ0) is 17.3. The van der Waals surface area contributed by atoms with Crippen molar-refractivity contribution in [3.8, 4) is 0 Å². The summed E-state index contributed by atoms with van der Waals surface area (Å²) in [6.07, 6.45) is 1.57. The minimum Gasteiger partial charge on any atom is -0.463 e. The molecule has 24 heavy (non-hydrogen) atoms. The van der Waals surface area contributed by atoms with Gasteiger partial charge in [0.1, 0.15) is 0 Å². The Labute approximate surface area is 140 Å². The fourth-order valence-corrected chi connectivity index (χ4v) is 2.37.